The van der Waals surface area contributed by atoms with Crippen LogP contribution in [0.5, 0.6) is 0 Å². The van der Waals surface area contributed by atoms with Crippen LogP contribution in [-0.2, 0) is 0 Å². The molecule has 4 rings (SSSR count). The SMILES string of the molecule is O=C(c1ccco1)N1CCN(c2nccc(Nc3ccc(F)c(F)c3)n2)CC1. The summed E-state index contributed by atoms with van der Waals surface area (Å²) in [6, 6.07) is 8.51. The molecule has 3 aromatic rings. The van der Waals surface area contributed by atoms with Gasteiger partial charge in [0.25, 0.3) is 5.91 Å². The van der Waals surface area contributed by atoms with E-state index in [2.05, 4.69) is 15.3 Å². The Morgan fingerprint density at radius 3 is 2.61 bits per heavy atom. The van der Waals surface area contributed by atoms with Crippen molar-refractivity contribution in [2.24, 2.45) is 0 Å². The summed E-state index contributed by atoms with van der Waals surface area (Å²) in [5.41, 5.74) is 0.386. The second-order valence-corrected chi connectivity index (χ2v) is 6.25. The average Bonchev–Trinajstić information content (AvgIpc) is 3.25. The first-order valence-electron chi connectivity index (χ1n) is 8.73. The highest BCUT2D eigenvalue weighted by Gasteiger charge is 2.24. The molecule has 1 N–H and O–H groups in total. The van der Waals surface area contributed by atoms with Gasteiger partial charge in [-0.2, -0.15) is 4.98 Å². The van der Waals surface area contributed by atoms with Gasteiger partial charge in [0.15, 0.2) is 17.4 Å². The molecular weight excluding hydrogens is 368 g/mol. The molecular formula is C19H17F2N5O2. The molecule has 0 atom stereocenters. The number of piperazine rings is 1. The number of nitrogens with one attached hydrogen (secondary N) is 1. The van der Waals surface area contributed by atoms with E-state index in [4.69, 9.17) is 4.42 Å². The van der Waals surface area contributed by atoms with E-state index >= 15 is 0 Å². The lowest BCUT2D eigenvalue weighted by Crippen LogP contribution is -2.49. The van der Waals surface area contributed by atoms with E-state index in [-0.39, 0.29) is 5.91 Å². The Morgan fingerprint density at radius 1 is 1.07 bits per heavy atom. The first kappa shape index (κ1) is 17.9. The molecule has 0 aliphatic carbocycles. The zero-order valence-electron chi connectivity index (χ0n) is 14.8. The highest BCUT2D eigenvalue weighted by Crippen LogP contribution is 2.20. The molecule has 0 bridgehead atoms. The third-order valence-electron chi connectivity index (χ3n) is 4.42. The number of anilines is 3. The summed E-state index contributed by atoms with van der Waals surface area (Å²) in [6.45, 7) is 2.18. The highest BCUT2D eigenvalue weighted by atomic mass is 19.2. The van der Waals surface area contributed by atoms with Gasteiger partial charge in [-0.15, -0.1) is 0 Å². The highest BCUT2D eigenvalue weighted by molar-refractivity contribution is 5.91. The number of carbonyl (C=O) groups excluding carboxylic acids is 1. The lowest BCUT2D eigenvalue weighted by Gasteiger charge is -2.34. The van der Waals surface area contributed by atoms with Crippen molar-refractivity contribution in [3.05, 3.63) is 66.3 Å². The summed E-state index contributed by atoms with van der Waals surface area (Å²) in [5.74, 6) is -0.697. The minimum atomic E-state index is -0.934. The predicted molar refractivity (Wildman–Crippen MR) is 98.5 cm³/mol. The number of nitrogens with zero attached hydrogens (tertiary/aromatic N) is 4. The van der Waals surface area contributed by atoms with Crippen LogP contribution in [0.3, 0.4) is 0 Å². The molecule has 1 aliphatic rings. The van der Waals surface area contributed by atoms with Gasteiger partial charge in [-0.1, -0.05) is 0 Å². The average molecular weight is 385 g/mol. The third kappa shape index (κ3) is 3.78. The minimum Gasteiger partial charge on any atom is -0.459 e. The van der Waals surface area contributed by atoms with E-state index in [1.165, 1.54) is 12.3 Å². The minimum absolute atomic E-state index is 0.140. The van der Waals surface area contributed by atoms with Gasteiger partial charge in [-0.25, -0.2) is 13.8 Å². The molecule has 0 saturated carbocycles. The van der Waals surface area contributed by atoms with Gasteiger partial charge in [0.05, 0.1) is 6.26 Å². The zero-order valence-corrected chi connectivity index (χ0v) is 14.8. The lowest BCUT2D eigenvalue weighted by molar-refractivity contribution is 0.0714. The van der Waals surface area contributed by atoms with Crippen molar-refractivity contribution < 1.29 is 18.0 Å². The van der Waals surface area contributed by atoms with E-state index in [0.29, 0.717) is 49.4 Å². The fourth-order valence-corrected chi connectivity index (χ4v) is 2.96. The van der Waals surface area contributed by atoms with Crippen molar-refractivity contribution in [1.82, 2.24) is 14.9 Å². The number of furan rings is 1. The zero-order chi connectivity index (χ0) is 19.5. The lowest BCUT2D eigenvalue weighted by atomic mass is 10.3. The number of carbonyl (C=O) groups is 1. The first-order chi connectivity index (χ1) is 13.6. The molecule has 2 aromatic heterocycles. The molecule has 1 amide bonds. The van der Waals surface area contributed by atoms with Crippen LogP contribution in [0, 0.1) is 11.6 Å². The fourth-order valence-electron chi connectivity index (χ4n) is 2.96. The molecule has 144 valence electrons. The van der Waals surface area contributed by atoms with Crippen LogP contribution in [0.4, 0.5) is 26.2 Å². The van der Waals surface area contributed by atoms with Gasteiger partial charge in [0.1, 0.15) is 5.82 Å². The number of rotatable bonds is 4. The van der Waals surface area contributed by atoms with Crippen LogP contribution in [-0.4, -0.2) is 47.0 Å². The quantitative estimate of drug-likeness (QED) is 0.744. The largest absolute Gasteiger partial charge is 0.459 e. The Bertz CT molecular complexity index is 972. The van der Waals surface area contributed by atoms with Crippen LogP contribution in [0.25, 0.3) is 0 Å². The van der Waals surface area contributed by atoms with Gasteiger partial charge < -0.3 is 19.5 Å². The normalized spacial score (nSPS) is 14.2. The smallest absolute Gasteiger partial charge is 0.289 e. The number of benzene rings is 1. The molecule has 28 heavy (non-hydrogen) atoms. The van der Waals surface area contributed by atoms with Gasteiger partial charge in [0, 0.05) is 44.1 Å². The van der Waals surface area contributed by atoms with E-state index in [1.54, 1.807) is 29.3 Å². The van der Waals surface area contributed by atoms with Crippen LogP contribution < -0.4 is 10.2 Å². The van der Waals surface area contributed by atoms with Crippen LogP contribution in [0.15, 0.2) is 53.3 Å². The molecule has 1 saturated heterocycles. The molecule has 1 aliphatic heterocycles. The number of halogens is 2. The Hall–Kier alpha value is -3.49. The summed E-state index contributed by atoms with van der Waals surface area (Å²) in [6.07, 6.45) is 3.06. The van der Waals surface area contributed by atoms with E-state index in [0.717, 1.165) is 12.1 Å². The topological polar surface area (TPSA) is 74.5 Å². The Kier molecular flexibility index (Phi) is 4.88. The Labute approximate surface area is 159 Å². The van der Waals surface area contributed by atoms with Gasteiger partial charge >= 0.3 is 0 Å². The fraction of sp³-hybridized carbons (Fsp3) is 0.211. The number of hydrogen-bond acceptors (Lipinski definition) is 6. The summed E-state index contributed by atoms with van der Waals surface area (Å²) in [4.78, 5) is 24.7. The van der Waals surface area contributed by atoms with Gasteiger partial charge in [-0.3, -0.25) is 4.79 Å². The van der Waals surface area contributed by atoms with Crippen LogP contribution in [0.2, 0.25) is 0 Å². The van der Waals surface area contributed by atoms with Crippen molar-refractivity contribution in [3.63, 3.8) is 0 Å². The van der Waals surface area contributed by atoms with Crippen molar-refractivity contribution >= 4 is 23.4 Å². The van der Waals surface area contributed by atoms with E-state index < -0.39 is 11.6 Å². The van der Waals surface area contributed by atoms with Crippen molar-refractivity contribution in [2.75, 3.05) is 36.4 Å². The molecule has 1 aromatic carbocycles. The summed E-state index contributed by atoms with van der Waals surface area (Å²) in [5, 5.41) is 2.94. The van der Waals surface area contributed by atoms with E-state index in [1.807, 2.05) is 4.90 Å². The van der Waals surface area contributed by atoms with E-state index in [9.17, 15) is 13.6 Å². The van der Waals surface area contributed by atoms with Crippen LogP contribution in [0.1, 0.15) is 10.6 Å². The maximum Gasteiger partial charge on any atom is 0.289 e. The Morgan fingerprint density at radius 2 is 1.89 bits per heavy atom. The molecule has 0 spiro atoms. The number of hydrogen-bond donors (Lipinski definition) is 1. The second kappa shape index (κ2) is 7.63. The second-order valence-electron chi connectivity index (χ2n) is 6.25. The first-order valence-corrected chi connectivity index (χ1v) is 8.73. The molecule has 1 fully saturated rings. The molecule has 0 radical (unpaired) electrons. The summed E-state index contributed by atoms with van der Waals surface area (Å²) < 4.78 is 31.6. The summed E-state index contributed by atoms with van der Waals surface area (Å²) in [7, 11) is 0. The van der Waals surface area contributed by atoms with Crippen molar-refractivity contribution in [3.8, 4) is 0 Å². The maximum absolute atomic E-state index is 13.4. The molecule has 3 heterocycles. The third-order valence-corrected chi connectivity index (χ3v) is 4.42. The number of aromatic nitrogens is 2. The molecule has 9 heteroatoms. The molecule has 7 nitrogen and oxygen atoms in total. The maximum atomic E-state index is 13.4. The van der Waals surface area contributed by atoms with Crippen LogP contribution >= 0.6 is 0 Å². The van der Waals surface area contributed by atoms with Crippen molar-refractivity contribution in [1.29, 1.82) is 0 Å². The number of amides is 1. The molecule has 0 unspecified atom stereocenters. The van der Waals surface area contributed by atoms with Crippen molar-refractivity contribution in [2.45, 2.75) is 0 Å². The van der Waals surface area contributed by atoms with Gasteiger partial charge in [0.2, 0.25) is 5.95 Å². The standard InChI is InChI=1S/C19H17F2N5O2/c20-14-4-3-13(12-15(14)21)23-17-5-6-22-19(24-17)26-9-7-25(8-10-26)18(27)16-2-1-11-28-16/h1-6,11-12H,7-10H2,(H,22,23,24). The summed E-state index contributed by atoms with van der Waals surface area (Å²) >= 11 is 0. The predicted octanol–water partition coefficient (Wildman–Crippen LogP) is 3.05. The monoisotopic (exact) mass is 385 g/mol. The Balaban J connectivity index is 1.41. The van der Waals surface area contributed by atoms with Gasteiger partial charge in [-0.05, 0) is 30.3 Å².